The molecule has 3 N–H and O–H groups in total. The molecule has 0 aliphatic heterocycles. The van der Waals surface area contributed by atoms with E-state index in [1.165, 1.54) is 0 Å². The summed E-state index contributed by atoms with van der Waals surface area (Å²) < 4.78 is 0. The van der Waals surface area contributed by atoms with E-state index in [0.29, 0.717) is 6.54 Å². The van der Waals surface area contributed by atoms with Gasteiger partial charge in [0, 0.05) is 6.54 Å². The molecule has 0 saturated carbocycles. The zero-order chi connectivity index (χ0) is 11.1. The molecule has 4 nitrogen and oxygen atoms in total. The zero-order valence-electron chi connectivity index (χ0n) is 8.44. The van der Waals surface area contributed by atoms with Crippen molar-refractivity contribution in [3.05, 3.63) is 35.4 Å². The van der Waals surface area contributed by atoms with Crippen LogP contribution >= 0.6 is 0 Å². The molecule has 0 aliphatic rings. The number of carboxylic acid groups (broad SMARTS) is 1. The summed E-state index contributed by atoms with van der Waals surface area (Å²) in [5.74, 6) is 0. The first-order valence-corrected chi connectivity index (χ1v) is 4.88. The summed E-state index contributed by atoms with van der Waals surface area (Å²) in [6.07, 6.45) is 0.519. The first-order valence-electron chi connectivity index (χ1n) is 4.88. The second-order valence-corrected chi connectivity index (χ2v) is 3.26. The fourth-order valence-electron chi connectivity index (χ4n) is 1.43. The minimum Gasteiger partial charge on any atom is -0.465 e. The fourth-order valence-corrected chi connectivity index (χ4v) is 1.43. The molecule has 0 bridgehead atoms. The monoisotopic (exact) mass is 209 g/mol. The van der Waals surface area contributed by atoms with Gasteiger partial charge in [0.05, 0.1) is 6.61 Å². The highest BCUT2D eigenvalue weighted by Gasteiger charge is 2.00. The lowest BCUT2D eigenvalue weighted by atomic mass is 10.0. The molecule has 0 saturated heterocycles. The molecule has 1 aromatic rings. The van der Waals surface area contributed by atoms with Crippen molar-refractivity contribution in [3.63, 3.8) is 0 Å². The summed E-state index contributed by atoms with van der Waals surface area (Å²) in [5.41, 5.74) is 1.99. The molecule has 0 atom stereocenters. The fraction of sp³-hybridized carbons (Fsp3) is 0.364. The van der Waals surface area contributed by atoms with Crippen LogP contribution in [0, 0.1) is 0 Å². The Hall–Kier alpha value is -1.55. The lowest BCUT2D eigenvalue weighted by molar-refractivity contribution is 0.194. The van der Waals surface area contributed by atoms with Crippen LogP contribution in [-0.2, 0) is 13.0 Å². The predicted molar refractivity (Wildman–Crippen MR) is 56.7 cm³/mol. The average Bonchev–Trinajstić information content (AvgIpc) is 2.24. The van der Waals surface area contributed by atoms with Crippen LogP contribution in [0.3, 0.4) is 0 Å². The van der Waals surface area contributed by atoms with Crippen LogP contribution in [0.5, 0.6) is 0 Å². The van der Waals surface area contributed by atoms with E-state index in [-0.39, 0.29) is 6.61 Å². The summed E-state index contributed by atoms with van der Waals surface area (Å²) in [4.78, 5) is 10.2. The van der Waals surface area contributed by atoms with E-state index in [9.17, 15) is 4.79 Å². The van der Waals surface area contributed by atoms with Crippen LogP contribution in [0.4, 0.5) is 4.79 Å². The lowest BCUT2D eigenvalue weighted by Gasteiger charge is -2.06. The largest absolute Gasteiger partial charge is 0.465 e. The molecule has 0 radical (unpaired) electrons. The molecule has 4 heteroatoms. The Morgan fingerprint density at radius 1 is 1.27 bits per heavy atom. The normalized spacial score (nSPS) is 9.93. The van der Waals surface area contributed by atoms with Crippen molar-refractivity contribution < 1.29 is 15.0 Å². The molecule has 0 heterocycles. The molecule has 82 valence electrons. The van der Waals surface area contributed by atoms with Gasteiger partial charge in [-0.05, 0) is 24.0 Å². The summed E-state index contributed by atoms with van der Waals surface area (Å²) in [6.45, 7) is 0.470. The molecule has 0 unspecified atom stereocenters. The number of aryl methyl sites for hydroxylation is 1. The average molecular weight is 209 g/mol. The van der Waals surface area contributed by atoms with Gasteiger partial charge in [0.15, 0.2) is 0 Å². The van der Waals surface area contributed by atoms with Gasteiger partial charge in [-0.15, -0.1) is 0 Å². The zero-order valence-corrected chi connectivity index (χ0v) is 8.44. The molecule has 1 aromatic carbocycles. The van der Waals surface area contributed by atoms with Gasteiger partial charge in [-0.2, -0.15) is 0 Å². The number of rotatable bonds is 5. The second kappa shape index (κ2) is 6.03. The molecule has 15 heavy (non-hydrogen) atoms. The number of benzene rings is 1. The van der Waals surface area contributed by atoms with E-state index < -0.39 is 6.09 Å². The predicted octanol–water partition coefficient (Wildman–Crippen LogP) is 1.38. The first kappa shape index (κ1) is 11.5. The molecular weight excluding hydrogens is 194 g/mol. The number of amides is 1. The number of aliphatic hydroxyl groups excluding tert-OH is 1. The summed E-state index contributed by atoms with van der Waals surface area (Å²) in [7, 11) is 0. The van der Waals surface area contributed by atoms with Crippen molar-refractivity contribution in [2.24, 2.45) is 0 Å². The van der Waals surface area contributed by atoms with Crippen molar-refractivity contribution >= 4 is 6.09 Å². The van der Waals surface area contributed by atoms with E-state index in [0.717, 1.165) is 24.0 Å². The Kier molecular flexibility index (Phi) is 4.63. The molecule has 0 aliphatic carbocycles. The van der Waals surface area contributed by atoms with E-state index >= 15 is 0 Å². The third kappa shape index (κ3) is 3.99. The van der Waals surface area contributed by atoms with Crippen molar-refractivity contribution in [1.82, 2.24) is 5.32 Å². The SMILES string of the molecule is O=C(O)NCCCc1ccccc1CO. The van der Waals surface area contributed by atoms with Gasteiger partial charge in [-0.3, -0.25) is 0 Å². The molecule has 0 aromatic heterocycles. The van der Waals surface area contributed by atoms with E-state index in [4.69, 9.17) is 10.2 Å². The summed E-state index contributed by atoms with van der Waals surface area (Å²) in [5, 5.41) is 19.7. The Balaban J connectivity index is 2.39. The van der Waals surface area contributed by atoms with Crippen molar-refractivity contribution in [2.75, 3.05) is 6.54 Å². The third-order valence-electron chi connectivity index (χ3n) is 2.19. The van der Waals surface area contributed by atoms with Gasteiger partial charge >= 0.3 is 6.09 Å². The molecule has 0 spiro atoms. The standard InChI is InChI=1S/C11H15NO3/c13-8-10-5-2-1-4-9(10)6-3-7-12-11(14)15/h1-2,4-5,12-13H,3,6-8H2,(H,14,15). The Labute approximate surface area is 88.6 Å². The first-order chi connectivity index (χ1) is 7.24. The summed E-state index contributed by atoms with van der Waals surface area (Å²) >= 11 is 0. The maximum Gasteiger partial charge on any atom is 0.404 e. The topological polar surface area (TPSA) is 69.6 Å². The van der Waals surface area contributed by atoms with Crippen LogP contribution in [0.25, 0.3) is 0 Å². The molecule has 0 fully saturated rings. The van der Waals surface area contributed by atoms with Crippen LogP contribution < -0.4 is 5.32 Å². The van der Waals surface area contributed by atoms with Gasteiger partial charge in [-0.25, -0.2) is 4.79 Å². The van der Waals surface area contributed by atoms with Crippen molar-refractivity contribution in [3.8, 4) is 0 Å². The number of hydrogen-bond donors (Lipinski definition) is 3. The minimum atomic E-state index is -0.995. The van der Waals surface area contributed by atoms with Crippen LogP contribution in [0.15, 0.2) is 24.3 Å². The van der Waals surface area contributed by atoms with E-state index in [2.05, 4.69) is 5.32 Å². The molecule has 1 amide bonds. The lowest BCUT2D eigenvalue weighted by Crippen LogP contribution is -2.22. The van der Waals surface area contributed by atoms with Gasteiger partial charge in [0.25, 0.3) is 0 Å². The van der Waals surface area contributed by atoms with Gasteiger partial charge in [0.1, 0.15) is 0 Å². The van der Waals surface area contributed by atoms with Gasteiger partial charge in [-0.1, -0.05) is 24.3 Å². The van der Waals surface area contributed by atoms with Crippen LogP contribution in [0.2, 0.25) is 0 Å². The smallest absolute Gasteiger partial charge is 0.404 e. The number of hydrogen-bond acceptors (Lipinski definition) is 2. The maximum absolute atomic E-state index is 10.2. The highest BCUT2D eigenvalue weighted by atomic mass is 16.4. The minimum absolute atomic E-state index is 0.0303. The highest BCUT2D eigenvalue weighted by Crippen LogP contribution is 2.10. The molecule has 1 rings (SSSR count). The Morgan fingerprint density at radius 3 is 2.53 bits per heavy atom. The van der Waals surface area contributed by atoms with Crippen molar-refractivity contribution in [2.45, 2.75) is 19.4 Å². The quantitative estimate of drug-likeness (QED) is 0.642. The number of aliphatic hydroxyl groups is 1. The second-order valence-electron chi connectivity index (χ2n) is 3.26. The number of carbonyl (C=O) groups is 1. The van der Waals surface area contributed by atoms with Crippen molar-refractivity contribution in [1.29, 1.82) is 0 Å². The maximum atomic E-state index is 10.2. The Bertz CT molecular complexity index is 325. The molecular formula is C11H15NO3. The van der Waals surface area contributed by atoms with Gasteiger partial charge in [0.2, 0.25) is 0 Å². The van der Waals surface area contributed by atoms with E-state index in [1.54, 1.807) is 0 Å². The van der Waals surface area contributed by atoms with Gasteiger partial charge < -0.3 is 15.5 Å². The third-order valence-corrected chi connectivity index (χ3v) is 2.19. The Morgan fingerprint density at radius 2 is 1.93 bits per heavy atom. The van der Waals surface area contributed by atoms with Crippen LogP contribution in [0.1, 0.15) is 17.5 Å². The summed E-state index contributed by atoms with van der Waals surface area (Å²) in [6, 6.07) is 7.62. The number of nitrogens with one attached hydrogen (secondary N) is 1. The van der Waals surface area contributed by atoms with E-state index in [1.807, 2.05) is 24.3 Å². The van der Waals surface area contributed by atoms with Crippen LogP contribution in [-0.4, -0.2) is 22.9 Å². The highest BCUT2D eigenvalue weighted by molar-refractivity contribution is 5.64.